The van der Waals surface area contributed by atoms with E-state index in [2.05, 4.69) is 29.8 Å². The highest BCUT2D eigenvalue weighted by atomic mass is 16.6. The van der Waals surface area contributed by atoms with Gasteiger partial charge in [0.2, 0.25) is 0 Å². The summed E-state index contributed by atoms with van der Waals surface area (Å²) in [6, 6.07) is 4.69. The maximum absolute atomic E-state index is 12.9. The van der Waals surface area contributed by atoms with Crippen LogP contribution in [0.25, 0.3) is 0 Å². The lowest BCUT2D eigenvalue weighted by Gasteiger charge is -2.31. The van der Waals surface area contributed by atoms with Crippen LogP contribution < -0.4 is 4.90 Å². The third kappa shape index (κ3) is 4.56. The van der Waals surface area contributed by atoms with E-state index >= 15 is 0 Å². The van der Waals surface area contributed by atoms with Gasteiger partial charge in [-0.25, -0.2) is 9.78 Å². The first-order chi connectivity index (χ1) is 12.3. The topological polar surface area (TPSA) is 45.7 Å². The Morgan fingerprint density at radius 1 is 1.35 bits per heavy atom. The van der Waals surface area contributed by atoms with E-state index in [1.165, 1.54) is 12.0 Å². The number of likely N-dealkylation sites (tertiary alicyclic amines) is 1. The van der Waals surface area contributed by atoms with Crippen molar-refractivity contribution in [3.8, 4) is 0 Å². The smallest absolute Gasteiger partial charge is 0.416 e. The van der Waals surface area contributed by atoms with Crippen LogP contribution in [0.15, 0.2) is 18.3 Å². The van der Waals surface area contributed by atoms with Gasteiger partial charge in [0.1, 0.15) is 11.4 Å². The zero-order valence-corrected chi connectivity index (χ0v) is 16.9. The van der Waals surface area contributed by atoms with E-state index in [1.54, 1.807) is 6.20 Å². The second kappa shape index (κ2) is 7.55. The van der Waals surface area contributed by atoms with Gasteiger partial charge >= 0.3 is 6.09 Å². The van der Waals surface area contributed by atoms with Crippen molar-refractivity contribution in [1.29, 1.82) is 0 Å². The van der Waals surface area contributed by atoms with Crippen molar-refractivity contribution in [3.05, 3.63) is 23.9 Å². The Bertz CT molecular complexity index is 634. The number of ether oxygens (including phenoxy) is 1. The molecule has 2 fully saturated rings. The number of anilines is 1. The van der Waals surface area contributed by atoms with Crippen LogP contribution in [0.5, 0.6) is 0 Å². The van der Waals surface area contributed by atoms with Crippen molar-refractivity contribution in [2.24, 2.45) is 5.92 Å². The molecule has 1 aromatic rings. The molecule has 2 heterocycles. The molecule has 0 aromatic carbocycles. The van der Waals surface area contributed by atoms with Gasteiger partial charge in [-0.15, -0.1) is 0 Å². The van der Waals surface area contributed by atoms with Gasteiger partial charge in [0, 0.05) is 30.4 Å². The lowest BCUT2D eigenvalue weighted by atomic mass is 10.0. The van der Waals surface area contributed by atoms with Gasteiger partial charge in [-0.2, -0.15) is 0 Å². The summed E-state index contributed by atoms with van der Waals surface area (Å²) in [6.45, 7) is 12.5. The molecule has 5 nitrogen and oxygen atoms in total. The second-order valence-corrected chi connectivity index (χ2v) is 9.04. The van der Waals surface area contributed by atoms with E-state index in [1.807, 2.05) is 31.7 Å². The number of rotatable bonds is 5. The molecule has 2 aliphatic rings. The van der Waals surface area contributed by atoms with Gasteiger partial charge in [0.25, 0.3) is 0 Å². The molecule has 0 spiro atoms. The van der Waals surface area contributed by atoms with E-state index < -0.39 is 5.60 Å². The fraction of sp³-hybridized carbons (Fsp3) is 0.714. The van der Waals surface area contributed by atoms with Gasteiger partial charge in [-0.1, -0.05) is 19.9 Å². The minimum absolute atomic E-state index is 0.221. The SMILES string of the molecule is CC(C)CN1CCC[C@@H]1c1cccnc1N(C(=O)OC(C)(C)C)C1CC1. The molecule has 0 unspecified atom stereocenters. The Morgan fingerprint density at radius 3 is 2.69 bits per heavy atom. The van der Waals surface area contributed by atoms with E-state index in [-0.39, 0.29) is 12.1 Å². The fourth-order valence-electron chi connectivity index (χ4n) is 3.79. The van der Waals surface area contributed by atoms with Crippen LogP contribution in [-0.4, -0.2) is 40.7 Å². The van der Waals surface area contributed by atoms with Crippen molar-refractivity contribution >= 4 is 11.9 Å². The maximum atomic E-state index is 12.9. The number of hydrogen-bond acceptors (Lipinski definition) is 4. The van der Waals surface area contributed by atoms with Crippen LogP contribution >= 0.6 is 0 Å². The van der Waals surface area contributed by atoms with Crippen LogP contribution in [0.2, 0.25) is 0 Å². The van der Waals surface area contributed by atoms with Gasteiger partial charge in [0.15, 0.2) is 0 Å². The molecular formula is C21H33N3O2. The quantitative estimate of drug-likeness (QED) is 0.759. The lowest BCUT2D eigenvalue weighted by molar-refractivity contribution is 0.0575. The zero-order valence-electron chi connectivity index (χ0n) is 16.9. The van der Waals surface area contributed by atoms with Crippen LogP contribution in [0.4, 0.5) is 10.6 Å². The number of carbonyl (C=O) groups is 1. The molecular weight excluding hydrogens is 326 g/mol. The molecule has 1 saturated carbocycles. The Balaban J connectivity index is 1.90. The minimum Gasteiger partial charge on any atom is -0.443 e. The first-order valence-corrected chi connectivity index (χ1v) is 9.97. The Morgan fingerprint density at radius 2 is 2.08 bits per heavy atom. The fourth-order valence-corrected chi connectivity index (χ4v) is 3.79. The summed E-state index contributed by atoms with van der Waals surface area (Å²) >= 11 is 0. The summed E-state index contributed by atoms with van der Waals surface area (Å²) < 4.78 is 5.70. The standard InChI is InChI=1S/C21H33N3O2/c1-15(2)14-23-13-7-9-18(23)17-8-6-12-22-19(17)24(16-10-11-16)20(25)26-21(3,4)5/h6,8,12,15-16,18H,7,9-11,13-14H2,1-5H3/t18-/m1/s1. The molecule has 1 saturated heterocycles. The molecule has 1 aromatic heterocycles. The first kappa shape index (κ1) is 19.2. The largest absolute Gasteiger partial charge is 0.443 e. The first-order valence-electron chi connectivity index (χ1n) is 9.97. The normalized spacial score (nSPS) is 21.2. The molecule has 1 aliphatic carbocycles. The number of amides is 1. The highest BCUT2D eigenvalue weighted by molar-refractivity contribution is 5.89. The van der Waals surface area contributed by atoms with Gasteiger partial charge in [-0.05, 0) is 65.0 Å². The van der Waals surface area contributed by atoms with Crippen molar-refractivity contribution in [2.75, 3.05) is 18.0 Å². The Hall–Kier alpha value is -1.62. The third-order valence-corrected chi connectivity index (χ3v) is 4.87. The Labute approximate surface area is 157 Å². The molecule has 1 atom stereocenters. The second-order valence-electron chi connectivity index (χ2n) is 9.04. The molecule has 0 bridgehead atoms. The van der Waals surface area contributed by atoms with Crippen molar-refractivity contribution in [1.82, 2.24) is 9.88 Å². The average molecular weight is 360 g/mol. The summed E-state index contributed by atoms with van der Waals surface area (Å²) in [6.07, 6.45) is 5.89. The summed E-state index contributed by atoms with van der Waals surface area (Å²) in [7, 11) is 0. The Kier molecular flexibility index (Phi) is 5.56. The van der Waals surface area contributed by atoms with Gasteiger partial charge in [0.05, 0.1) is 0 Å². The molecule has 0 radical (unpaired) electrons. The van der Waals surface area contributed by atoms with E-state index in [0.717, 1.165) is 38.2 Å². The minimum atomic E-state index is -0.504. The van der Waals surface area contributed by atoms with Crippen molar-refractivity contribution < 1.29 is 9.53 Å². The number of pyridine rings is 1. The van der Waals surface area contributed by atoms with Crippen LogP contribution in [0.1, 0.15) is 71.9 Å². The van der Waals surface area contributed by atoms with Gasteiger partial charge < -0.3 is 4.74 Å². The summed E-state index contributed by atoms with van der Waals surface area (Å²) in [5.74, 6) is 1.42. The van der Waals surface area contributed by atoms with Crippen LogP contribution in [0, 0.1) is 5.92 Å². The molecule has 5 heteroatoms. The van der Waals surface area contributed by atoms with Gasteiger partial charge in [-0.3, -0.25) is 9.80 Å². The summed E-state index contributed by atoms with van der Waals surface area (Å²) in [5, 5.41) is 0. The molecule has 3 rings (SSSR count). The van der Waals surface area contributed by atoms with Crippen molar-refractivity contribution in [2.45, 2.75) is 78.0 Å². The summed E-state index contributed by atoms with van der Waals surface area (Å²) in [5.41, 5.74) is 0.666. The van der Waals surface area contributed by atoms with E-state index in [4.69, 9.17) is 4.74 Å². The predicted molar refractivity (Wildman–Crippen MR) is 104 cm³/mol. The van der Waals surface area contributed by atoms with E-state index in [0.29, 0.717) is 12.0 Å². The number of nitrogens with zero attached hydrogens (tertiary/aromatic N) is 3. The van der Waals surface area contributed by atoms with Crippen LogP contribution in [-0.2, 0) is 4.74 Å². The zero-order chi connectivity index (χ0) is 18.9. The van der Waals surface area contributed by atoms with E-state index in [9.17, 15) is 4.79 Å². The number of aromatic nitrogens is 1. The molecule has 1 aliphatic heterocycles. The third-order valence-electron chi connectivity index (χ3n) is 4.87. The van der Waals surface area contributed by atoms with Crippen molar-refractivity contribution in [3.63, 3.8) is 0 Å². The molecule has 0 N–H and O–H groups in total. The number of hydrogen-bond donors (Lipinski definition) is 0. The average Bonchev–Trinajstić information content (AvgIpc) is 3.25. The number of carbonyl (C=O) groups excluding carboxylic acids is 1. The highest BCUT2D eigenvalue weighted by Gasteiger charge is 2.40. The lowest BCUT2D eigenvalue weighted by Crippen LogP contribution is -2.40. The molecule has 26 heavy (non-hydrogen) atoms. The maximum Gasteiger partial charge on any atom is 0.416 e. The monoisotopic (exact) mass is 359 g/mol. The summed E-state index contributed by atoms with van der Waals surface area (Å²) in [4.78, 5) is 21.9. The highest BCUT2D eigenvalue weighted by Crippen LogP contribution is 2.40. The van der Waals surface area contributed by atoms with Crippen LogP contribution in [0.3, 0.4) is 0 Å². The molecule has 1 amide bonds. The predicted octanol–water partition coefficient (Wildman–Crippen LogP) is 4.78. The molecule has 144 valence electrons.